The second kappa shape index (κ2) is 6.61. The first-order valence-electron chi connectivity index (χ1n) is 5.77. The zero-order valence-corrected chi connectivity index (χ0v) is 11.7. The monoisotopic (exact) mass is 273 g/mol. The maximum atomic E-state index is 12.1. The molecule has 0 atom stereocenters. The Kier molecular flexibility index (Phi) is 5.43. The highest BCUT2D eigenvalue weighted by atomic mass is 32.2. The highest BCUT2D eigenvalue weighted by Gasteiger charge is 2.19. The molecule has 0 saturated heterocycles. The Morgan fingerprint density at radius 1 is 1.22 bits per heavy atom. The molecule has 0 unspecified atom stereocenters. The number of rotatable bonds is 7. The van der Waals surface area contributed by atoms with E-state index in [4.69, 9.17) is 9.47 Å². The van der Waals surface area contributed by atoms with Gasteiger partial charge in [0.25, 0.3) is 0 Å². The van der Waals surface area contributed by atoms with E-state index in [1.807, 2.05) is 6.92 Å². The molecule has 0 aliphatic rings. The third-order valence-corrected chi connectivity index (χ3v) is 3.96. The average Bonchev–Trinajstić information content (AvgIpc) is 2.38. The molecule has 1 rings (SSSR count). The van der Waals surface area contributed by atoms with Crippen LogP contribution in [-0.2, 0) is 10.0 Å². The molecule has 0 bridgehead atoms. The summed E-state index contributed by atoms with van der Waals surface area (Å²) in [6.45, 7) is 2.42. The number of sulfonamides is 1. The zero-order chi connectivity index (χ0) is 13.6. The summed E-state index contributed by atoms with van der Waals surface area (Å²) >= 11 is 0. The molecule has 0 heterocycles. The predicted octanol–water partition coefficient (Wildman–Crippen LogP) is 1.78. The van der Waals surface area contributed by atoms with E-state index in [2.05, 4.69) is 4.72 Å². The number of ether oxygens (including phenoxy) is 2. The molecule has 1 N–H and O–H groups in total. The van der Waals surface area contributed by atoms with Crippen molar-refractivity contribution in [2.45, 2.75) is 24.7 Å². The van der Waals surface area contributed by atoms with Gasteiger partial charge in [0.05, 0.1) is 14.2 Å². The van der Waals surface area contributed by atoms with Gasteiger partial charge >= 0.3 is 0 Å². The Morgan fingerprint density at radius 2 is 1.94 bits per heavy atom. The summed E-state index contributed by atoms with van der Waals surface area (Å²) in [5, 5.41) is 0. The smallest absolute Gasteiger partial charge is 0.244 e. The van der Waals surface area contributed by atoms with Crippen LogP contribution in [-0.4, -0.2) is 29.2 Å². The molecule has 18 heavy (non-hydrogen) atoms. The highest BCUT2D eigenvalue weighted by molar-refractivity contribution is 7.89. The Balaban J connectivity index is 3.05. The maximum absolute atomic E-state index is 12.1. The third-order valence-electron chi connectivity index (χ3n) is 2.48. The van der Waals surface area contributed by atoms with Crippen molar-refractivity contribution in [3.05, 3.63) is 18.2 Å². The Morgan fingerprint density at radius 3 is 2.50 bits per heavy atom. The Hall–Kier alpha value is -1.27. The Labute approximate surface area is 108 Å². The summed E-state index contributed by atoms with van der Waals surface area (Å²) in [7, 11) is -0.637. The van der Waals surface area contributed by atoms with Crippen molar-refractivity contribution in [1.82, 2.24) is 4.72 Å². The van der Waals surface area contributed by atoms with Gasteiger partial charge in [0, 0.05) is 12.6 Å². The third kappa shape index (κ3) is 3.61. The topological polar surface area (TPSA) is 64.6 Å². The first-order valence-corrected chi connectivity index (χ1v) is 7.25. The lowest BCUT2D eigenvalue weighted by atomic mass is 10.3. The predicted molar refractivity (Wildman–Crippen MR) is 69.6 cm³/mol. The van der Waals surface area contributed by atoms with E-state index in [-0.39, 0.29) is 4.90 Å². The molecule has 0 aromatic heterocycles. The zero-order valence-electron chi connectivity index (χ0n) is 10.9. The van der Waals surface area contributed by atoms with E-state index < -0.39 is 10.0 Å². The van der Waals surface area contributed by atoms with E-state index in [0.29, 0.717) is 18.0 Å². The SMILES string of the molecule is CCCCNS(=O)(=O)c1cc(OC)ccc1OC. The van der Waals surface area contributed by atoms with Gasteiger partial charge in [-0.2, -0.15) is 0 Å². The number of benzene rings is 1. The molecule has 0 radical (unpaired) electrons. The van der Waals surface area contributed by atoms with Crippen LogP contribution in [0.25, 0.3) is 0 Å². The summed E-state index contributed by atoms with van der Waals surface area (Å²) < 4.78 is 36.8. The van der Waals surface area contributed by atoms with Gasteiger partial charge in [0.15, 0.2) is 0 Å². The van der Waals surface area contributed by atoms with Gasteiger partial charge in [0.2, 0.25) is 10.0 Å². The standard InChI is InChI=1S/C12H19NO4S/c1-4-5-8-13-18(14,15)12-9-10(16-2)6-7-11(12)17-3/h6-7,9,13H,4-5,8H2,1-3H3. The molecule has 0 amide bonds. The van der Waals surface area contributed by atoms with Crippen LogP contribution in [0, 0.1) is 0 Å². The number of nitrogens with one attached hydrogen (secondary N) is 1. The summed E-state index contributed by atoms with van der Waals surface area (Å²) in [4.78, 5) is 0.0976. The minimum absolute atomic E-state index is 0.0976. The molecule has 5 nitrogen and oxygen atoms in total. The summed E-state index contributed by atoms with van der Waals surface area (Å²) in [6.07, 6.45) is 1.73. The number of unbranched alkanes of at least 4 members (excludes halogenated alkanes) is 1. The van der Waals surface area contributed by atoms with Crippen molar-refractivity contribution >= 4 is 10.0 Å². The fraction of sp³-hybridized carbons (Fsp3) is 0.500. The minimum Gasteiger partial charge on any atom is -0.497 e. The van der Waals surface area contributed by atoms with Crippen LogP contribution in [0.5, 0.6) is 11.5 Å². The van der Waals surface area contributed by atoms with Crippen LogP contribution < -0.4 is 14.2 Å². The number of methoxy groups -OCH3 is 2. The molecule has 0 fully saturated rings. The van der Waals surface area contributed by atoms with Gasteiger partial charge in [-0.15, -0.1) is 0 Å². The van der Waals surface area contributed by atoms with E-state index in [1.165, 1.54) is 20.3 Å². The second-order valence-corrected chi connectivity index (χ2v) is 5.50. The molecule has 102 valence electrons. The van der Waals surface area contributed by atoms with Gasteiger partial charge in [-0.05, 0) is 18.6 Å². The van der Waals surface area contributed by atoms with Crippen molar-refractivity contribution in [1.29, 1.82) is 0 Å². The van der Waals surface area contributed by atoms with E-state index in [0.717, 1.165) is 12.8 Å². The molecule has 0 aliphatic carbocycles. The van der Waals surface area contributed by atoms with Crippen molar-refractivity contribution in [3.63, 3.8) is 0 Å². The lowest BCUT2D eigenvalue weighted by Gasteiger charge is -2.11. The van der Waals surface area contributed by atoms with Crippen molar-refractivity contribution in [3.8, 4) is 11.5 Å². The molecule has 0 aliphatic heterocycles. The molecule has 1 aromatic rings. The normalized spacial score (nSPS) is 11.3. The lowest BCUT2D eigenvalue weighted by molar-refractivity contribution is 0.392. The van der Waals surface area contributed by atoms with Crippen LogP contribution >= 0.6 is 0 Å². The van der Waals surface area contributed by atoms with Crippen molar-refractivity contribution in [2.24, 2.45) is 0 Å². The summed E-state index contributed by atoms with van der Waals surface area (Å²) in [5.74, 6) is 0.784. The molecule has 0 spiro atoms. The van der Waals surface area contributed by atoms with Gasteiger partial charge in [-0.25, -0.2) is 13.1 Å². The molecule has 6 heteroatoms. The van der Waals surface area contributed by atoms with E-state index in [9.17, 15) is 8.42 Å². The fourth-order valence-electron chi connectivity index (χ4n) is 1.46. The van der Waals surface area contributed by atoms with Gasteiger partial charge in [0.1, 0.15) is 16.4 Å². The molecule has 1 aromatic carbocycles. The van der Waals surface area contributed by atoms with Crippen LogP contribution in [0.1, 0.15) is 19.8 Å². The van der Waals surface area contributed by atoms with Gasteiger partial charge < -0.3 is 9.47 Å². The van der Waals surface area contributed by atoms with Gasteiger partial charge in [-0.3, -0.25) is 0 Å². The first kappa shape index (κ1) is 14.8. The molecular formula is C12H19NO4S. The van der Waals surface area contributed by atoms with E-state index in [1.54, 1.807) is 12.1 Å². The molecule has 0 saturated carbocycles. The second-order valence-electron chi connectivity index (χ2n) is 3.77. The van der Waals surface area contributed by atoms with Crippen LogP contribution in [0.15, 0.2) is 23.1 Å². The van der Waals surface area contributed by atoms with Crippen LogP contribution in [0.4, 0.5) is 0 Å². The van der Waals surface area contributed by atoms with Crippen LogP contribution in [0.3, 0.4) is 0 Å². The minimum atomic E-state index is -3.56. The van der Waals surface area contributed by atoms with E-state index >= 15 is 0 Å². The largest absolute Gasteiger partial charge is 0.497 e. The number of hydrogen-bond donors (Lipinski definition) is 1. The van der Waals surface area contributed by atoms with Gasteiger partial charge in [-0.1, -0.05) is 13.3 Å². The maximum Gasteiger partial charge on any atom is 0.244 e. The first-order chi connectivity index (χ1) is 8.55. The lowest BCUT2D eigenvalue weighted by Crippen LogP contribution is -2.25. The van der Waals surface area contributed by atoms with Crippen LogP contribution in [0.2, 0.25) is 0 Å². The summed E-state index contributed by atoms with van der Waals surface area (Å²) in [6, 6.07) is 4.68. The molecular weight excluding hydrogens is 254 g/mol. The Bertz CT molecular complexity index is 485. The summed E-state index contributed by atoms with van der Waals surface area (Å²) in [5.41, 5.74) is 0. The quantitative estimate of drug-likeness (QED) is 0.769. The average molecular weight is 273 g/mol. The number of hydrogen-bond acceptors (Lipinski definition) is 4. The van der Waals surface area contributed by atoms with Crippen molar-refractivity contribution in [2.75, 3.05) is 20.8 Å². The highest BCUT2D eigenvalue weighted by Crippen LogP contribution is 2.27. The van der Waals surface area contributed by atoms with Crippen molar-refractivity contribution < 1.29 is 17.9 Å². The fourth-order valence-corrected chi connectivity index (χ4v) is 2.71.